The van der Waals surface area contributed by atoms with E-state index in [0.717, 1.165) is 37.7 Å². The van der Waals surface area contributed by atoms with Gasteiger partial charge in [-0.15, -0.1) is 0 Å². The van der Waals surface area contributed by atoms with Crippen LogP contribution in [0.4, 0.5) is 4.79 Å². The maximum atomic E-state index is 12.3. The number of piperidine rings is 1. The first-order valence-electron chi connectivity index (χ1n) is 9.63. The zero-order valence-electron chi connectivity index (χ0n) is 16.3. The summed E-state index contributed by atoms with van der Waals surface area (Å²) in [7, 11) is 1.83. The van der Waals surface area contributed by atoms with Gasteiger partial charge < -0.3 is 15.1 Å². The van der Waals surface area contributed by atoms with Gasteiger partial charge in [0.05, 0.1) is 12.2 Å². The smallest absolute Gasteiger partial charge is 0.317 e. The van der Waals surface area contributed by atoms with Gasteiger partial charge >= 0.3 is 6.03 Å². The van der Waals surface area contributed by atoms with E-state index in [4.69, 9.17) is 0 Å². The van der Waals surface area contributed by atoms with E-state index in [0.29, 0.717) is 12.5 Å². The fourth-order valence-electron chi connectivity index (χ4n) is 3.33. The van der Waals surface area contributed by atoms with Crippen molar-refractivity contribution in [1.29, 1.82) is 0 Å². The summed E-state index contributed by atoms with van der Waals surface area (Å²) < 4.78 is 0. The van der Waals surface area contributed by atoms with E-state index in [1.807, 2.05) is 19.3 Å². The van der Waals surface area contributed by atoms with Gasteiger partial charge in [0.2, 0.25) is 0 Å². The lowest BCUT2D eigenvalue weighted by Gasteiger charge is -2.33. The standard InChI is InChI=1S/C20H34N4O/c1-5-17-6-7-19(21-12-17)15-23(4)20(25)22-13-18-8-10-24(11-9-18)14-16(2)3/h6-7,12,16,18H,5,8-11,13-15H2,1-4H3,(H,22,25). The van der Waals surface area contributed by atoms with Crippen LogP contribution in [0.2, 0.25) is 0 Å². The van der Waals surface area contributed by atoms with Gasteiger partial charge in [-0.1, -0.05) is 26.8 Å². The van der Waals surface area contributed by atoms with E-state index in [2.05, 4.69) is 42.0 Å². The number of carbonyl (C=O) groups is 1. The number of pyridine rings is 1. The van der Waals surface area contributed by atoms with Gasteiger partial charge in [0.25, 0.3) is 0 Å². The molecule has 0 saturated carbocycles. The highest BCUT2D eigenvalue weighted by molar-refractivity contribution is 5.73. The summed E-state index contributed by atoms with van der Waals surface area (Å²) in [5, 5.41) is 3.09. The molecule has 0 atom stereocenters. The minimum atomic E-state index is -0.00835. The number of carbonyl (C=O) groups excluding carboxylic acids is 1. The molecule has 1 aromatic rings. The van der Waals surface area contributed by atoms with Crippen molar-refractivity contribution in [3.05, 3.63) is 29.6 Å². The molecule has 2 rings (SSSR count). The fourth-order valence-corrected chi connectivity index (χ4v) is 3.33. The molecule has 0 bridgehead atoms. The number of rotatable bonds is 7. The van der Waals surface area contributed by atoms with E-state index >= 15 is 0 Å². The van der Waals surface area contributed by atoms with Crippen molar-refractivity contribution in [3.63, 3.8) is 0 Å². The van der Waals surface area contributed by atoms with Crippen molar-refractivity contribution in [1.82, 2.24) is 20.1 Å². The number of aryl methyl sites for hydroxylation is 1. The SMILES string of the molecule is CCc1ccc(CN(C)C(=O)NCC2CCN(CC(C)C)CC2)nc1. The minimum absolute atomic E-state index is 0.00835. The summed E-state index contributed by atoms with van der Waals surface area (Å²) in [4.78, 5) is 21.0. The third-order valence-electron chi connectivity index (χ3n) is 4.91. The Kier molecular flexibility index (Phi) is 7.69. The Labute approximate surface area is 152 Å². The Bertz CT molecular complexity index is 521. The normalized spacial score (nSPS) is 16.2. The highest BCUT2D eigenvalue weighted by atomic mass is 16.2. The lowest BCUT2D eigenvalue weighted by Crippen LogP contribution is -2.43. The van der Waals surface area contributed by atoms with Crippen molar-refractivity contribution in [3.8, 4) is 0 Å². The molecule has 2 amide bonds. The van der Waals surface area contributed by atoms with Crippen molar-refractivity contribution in [2.24, 2.45) is 11.8 Å². The van der Waals surface area contributed by atoms with Crippen LogP contribution in [0, 0.1) is 11.8 Å². The first-order chi connectivity index (χ1) is 12.0. The zero-order chi connectivity index (χ0) is 18.2. The average Bonchev–Trinajstić information content (AvgIpc) is 2.61. The Hall–Kier alpha value is -1.62. The Morgan fingerprint density at radius 3 is 2.64 bits per heavy atom. The van der Waals surface area contributed by atoms with Crippen LogP contribution in [0.15, 0.2) is 18.3 Å². The van der Waals surface area contributed by atoms with E-state index in [1.54, 1.807) is 4.90 Å². The molecule has 0 spiro atoms. The average molecular weight is 347 g/mol. The molecular formula is C20H34N4O. The summed E-state index contributed by atoms with van der Waals surface area (Å²) in [5.74, 6) is 1.33. The van der Waals surface area contributed by atoms with Crippen LogP contribution in [0.1, 0.15) is 44.9 Å². The van der Waals surface area contributed by atoms with Gasteiger partial charge in [0, 0.05) is 26.3 Å². The van der Waals surface area contributed by atoms with E-state index < -0.39 is 0 Å². The number of amides is 2. The Morgan fingerprint density at radius 1 is 1.36 bits per heavy atom. The molecule has 0 aromatic carbocycles. The van der Waals surface area contributed by atoms with Gasteiger partial charge in [-0.2, -0.15) is 0 Å². The number of urea groups is 1. The highest BCUT2D eigenvalue weighted by Gasteiger charge is 2.20. The summed E-state index contributed by atoms with van der Waals surface area (Å²) >= 11 is 0. The predicted molar refractivity (Wildman–Crippen MR) is 102 cm³/mol. The van der Waals surface area contributed by atoms with Crippen LogP contribution in [0.25, 0.3) is 0 Å². The molecule has 140 valence electrons. The topological polar surface area (TPSA) is 48.5 Å². The van der Waals surface area contributed by atoms with Crippen molar-refractivity contribution >= 4 is 6.03 Å². The van der Waals surface area contributed by atoms with Crippen LogP contribution < -0.4 is 5.32 Å². The number of aromatic nitrogens is 1. The number of nitrogens with zero attached hydrogens (tertiary/aromatic N) is 3. The minimum Gasteiger partial charge on any atom is -0.338 e. The first kappa shape index (κ1) is 19.7. The maximum Gasteiger partial charge on any atom is 0.317 e. The Balaban J connectivity index is 1.69. The summed E-state index contributed by atoms with van der Waals surface area (Å²) in [6.07, 6.45) is 5.24. The summed E-state index contributed by atoms with van der Waals surface area (Å²) in [5.41, 5.74) is 2.15. The van der Waals surface area contributed by atoms with Crippen LogP contribution in [0.5, 0.6) is 0 Å². The molecule has 1 fully saturated rings. The van der Waals surface area contributed by atoms with Crippen molar-refractivity contribution in [2.75, 3.05) is 33.2 Å². The molecule has 0 aliphatic carbocycles. The lowest BCUT2D eigenvalue weighted by atomic mass is 9.96. The Morgan fingerprint density at radius 2 is 2.08 bits per heavy atom. The molecule has 25 heavy (non-hydrogen) atoms. The van der Waals surface area contributed by atoms with Crippen LogP contribution >= 0.6 is 0 Å². The number of likely N-dealkylation sites (tertiary alicyclic amines) is 1. The molecule has 1 aliphatic heterocycles. The van der Waals surface area contributed by atoms with Gasteiger partial charge in [-0.3, -0.25) is 4.98 Å². The molecule has 1 aliphatic rings. The monoisotopic (exact) mass is 346 g/mol. The second kappa shape index (κ2) is 9.76. The number of hydrogen-bond acceptors (Lipinski definition) is 3. The lowest BCUT2D eigenvalue weighted by molar-refractivity contribution is 0.163. The predicted octanol–water partition coefficient (Wildman–Crippen LogP) is 3.15. The van der Waals surface area contributed by atoms with E-state index in [1.165, 1.54) is 24.9 Å². The van der Waals surface area contributed by atoms with Crippen LogP contribution in [-0.4, -0.2) is 54.0 Å². The highest BCUT2D eigenvalue weighted by Crippen LogP contribution is 2.17. The molecule has 5 heteroatoms. The summed E-state index contributed by atoms with van der Waals surface area (Å²) in [6.45, 7) is 11.5. The first-order valence-corrected chi connectivity index (χ1v) is 9.63. The molecule has 1 saturated heterocycles. The van der Waals surface area contributed by atoms with Gasteiger partial charge in [-0.25, -0.2) is 4.79 Å². The molecular weight excluding hydrogens is 312 g/mol. The van der Waals surface area contributed by atoms with Crippen molar-refractivity contribution < 1.29 is 4.79 Å². The molecule has 0 unspecified atom stereocenters. The van der Waals surface area contributed by atoms with E-state index in [9.17, 15) is 4.79 Å². The van der Waals surface area contributed by atoms with E-state index in [-0.39, 0.29) is 6.03 Å². The quantitative estimate of drug-likeness (QED) is 0.825. The second-order valence-electron chi connectivity index (χ2n) is 7.69. The third kappa shape index (κ3) is 6.65. The fraction of sp³-hybridized carbons (Fsp3) is 0.700. The number of nitrogens with one attached hydrogen (secondary N) is 1. The third-order valence-corrected chi connectivity index (χ3v) is 4.91. The van der Waals surface area contributed by atoms with Gasteiger partial charge in [-0.05, 0) is 55.8 Å². The molecule has 5 nitrogen and oxygen atoms in total. The summed E-state index contributed by atoms with van der Waals surface area (Å²) in [6, 6.07) is 4.08. The molecule has 0 radical (unpaired) electrons. The molecule has 2 heterocycles. The van der Waals surface area contributed by atoms with Crippen molar-refractivity contribution in [2.45, 2.75) is 46.6 Å². The van der Waals surface area contributed by atoms with Gasteiger partial charge in [0.1, 0.15) is 0 Å². The number of hydrogen-bond donors (Lipinski definition) is 1. The largest absolute Gasteiger partial charge is 0.338 e. The molecule has 1 N–H and O–H groups in total. The second-order valence-corrected chi connectivity index (χ2v) is 7.69. The zero-order valence-corrected chi connectivity index (χ0v) is 16.3. The molecule has 1 aromatic heterocycles. The van der Waals surface area contributed by atoms with Crippen LogP contribution in [0.3, 0.4) is 0 Å². The van der Waals surface area contributed by atoms with Gasteiger partial charge in [0.15, 0.2) is 0 Å². The van der Waals surface area contributed by atoms with Crippen LogP contribution in [-0.2, 0) is 13.0 Å². The maximum absolute atomic E-state index is 12.3.